The van der Waals surface area contributed by atoms with Gasteiger partial charge < -0.3 is 14.8 Å². The summed E-state index contributed by atoms with van der Waals surface area (Å²) >= 11 is 7.46. The molecular formula is C13H14ClNO2S. The monoisotopic (exact) mass is 283 g/mol. The Kier molecular flexibility index (Phi) is 4.33. The van der Waals surface area contributed by atoms with Crippen LogP contribution < -0.4 is 14.8 Å². The van der Waals surface area contributed by atoms with Gasteiger partial charge in [0.1, 0.15) is 0 Å². The van der Waals surface area contributed by atoms with Gasteiger partial charge in [-0.1, -0.05) is 11.6 Å². The third-order valence-corrected chi connectivity index (χ3v) is 3.71. The quantitative estimate of drug-likeness (QED) is 0.899. The summed E-state index contributed by atoms with van der Waals surface area (Å²) in [4.78, 5) is 1.19. The van der Waals surface area contributed by atoms with E-state index in [9.17, 15) is 0 Å². The normalized spacial score (nSPS) is 10.2. The molecule has 0 fully saturated rings. The van der Waals surface area contributed by atoms with E-state index < -0.39 is 0 Å². The molecule has 2 rings (SSSR count). The van der Waals surface area contributed by atoms with Crippen LogP contribution in [-0.4, -0.2) is 14.2 Å². The minimum Gasteiger partial charge on any atom is -0.493 e. The number of halogens is 1. The van der Waals surface area contributed by atoms with Gasteiger partial charge in [-0.05, 0) is 24.3 Å². The van der Waals surface area contributed by atoms with Gasteiger partial charge in [-0.3, -0.25) is 0 Å². The van der Waals surface area contributed by atoms with E-state index in [1.807, 2.05) is 30.3 Å². The van der Waals surface area contributed by atoms with E-state index in [4.69, 9.17) is 21.1 Å². The zero-order chi connectivity index (χ0) is 13.0. The van der Waals surface area contributed by atoms with Crippen LogP contribution >= 0.6 is 22.9 Å². The van der Waals surface area contributed by atoms with Crippen molar-refractivity contribution in [3.63, 3.8) is 0 Å². The lowest BCUT2D eigenvalue weighted by Gasteiger charge is -2.10. The number of ether oxygens (including phenoxy) is 2. The van der Waals surface area contributed by atoms with Gasteiger partial charge in [-0.25, -0.2) is 0 Å². The fraction of sp³-hybridized carbons (Fsp3) is 0.231. The summed E-state index contributed by atoms with van der Waals surface area (Å²) in [5.41, 5.74) is 0.983. The lowest BCUT2D eigenvalue weighted by atomic mass is 10.2. The fourth-order valence-electron chi connectivity index (χ4n) is 1.58. The number of hydrogen-bond donors (Lipinski definition) is 1. The minimum atomic E-state index is 0.715. The first-order valence-corrected chi connectivity index (χ1v) is 6.62. The molecule has 0 aliphatic heterocycles. The zero-order valence-corrected chi connectivity index (χ0v) is 11.8. The van der Waals surface area contributed by atoms with Crippen molar-refractivity contribution in [3.8, 4) is 11.5 Å². The first-order valence-electron chi connectivity index (χ1n) is 5.43. The van der Waals surface area contributed by atoms with Crippen LogP contribution in [0.15, 0.2) is 30.3 Å². The average molecular weight is 284 g/mol. The molecule has 0 saturated heterocycles. The number of methoxy groups -OCH3 is 2. The standard InChI is InChI=1S/C13H14ClNO2S/c1-16-11-5-3-9(7-12(11)17-2)15-8-10-4-6-13(14)18-10/h3-7,15H,8H2,1-2H3. The number of anilines is 1. The van der Waals surface area contributed by atoms with E-state index in [0.29, 0.717) is 5.75 Å². The van der Waals surface area contributed by atoms with Gasteiger partial charge in [0.25, 0.3) is 0 Å². The second-order valence-corrected chi connectivity index (χ2v) is 5.43. The molecule has 0 atom stereocenters. The van der Waals surface area contributed by atoms with Crippen LogP contribution in [0.4, 0.5) is 5.69 Å². The van der Waals surface area contributed by atoms with Crippen LogP contribution in [0.5, 0.6) is 11.5 Å². The lowest BCUT2D eigenvalue weighted by molar-refractivity contribution is 0.355. The highest BCUT2D eigenvalue weighted by Crippen LogP contribution is 2.30. The maximum atomic E-state index is 5.88. The molecule has 5 heteroatoms. The van der Waals surface area contributed by atoms with Crippen LogP contribution in [0.3, 0.4) is 0 Å². The highest BCUT2D eigenvalue weighted by Gasteiger charge is 2.04. The Morgan fingerprint density at radius 3 is 2.50 bits per heavy atom. The van der Waals surface area contributed by atoms with Crippen LogP contribution in [-0.2, 0) is 6.54 Å². The van der Waals surface area contributed by atoms with Gasteiger partial charge >= 0.3 is 0 Å². The van der Waals surface area contributed by atoms with Crippen molar-refractivity contribution in [1.29, 1.82) is 0 Å². The highest BCUT2D eigenvalue weighted by molar-refractivity contribution is 7.16. The molecule has 1 aromatic heterocycles. The summed E-state index contributed by atoms with van der Waals surface area (Å²) in [6.45, 7) is 0.743. The van der Waals surface area contributed by atoms with E-state index >= 15 is 0 Å². The minimum absolute atomic E-state index is 0.715. The van der Waals surface area contributed by atoms with Gasteiger partial charge in [-0.2, -0.15) is 0 Å². The Morgan fingerprint density at radius 1 is 1.11 bits per heavy atom. The van der Waals surface area contributed by atoms with Crippen LogP contribution in [0.2, 0.25) is 4.34 Å². The molecule has 0 saturated carbocycles. The molecule has 0 spiro atoms. The molecule has 1 N–H and O–H groups in total. The average Bonchev–Trinajstić information content (AvgIpc) is 2.81. The molecule has 0 amide bonds. The van der Waals surface area contributed by atoms with Gasteiger partial charge in [0.15, 0.2) is 11.5 Å². The lowest BCUT2D eigenvalue weighted by Crippen LogP contribution is -1.98. The Hall–Kier alpha value is -1.39. The molecule has 0 radical (unpaired) electrons. The highest BCUT2D eigenvalue weighted by atomic mass is 35.5. The van der Waals surface area contributed by atoms with E-state index in [0.717, 1.165) is 22.3 Å². The van der Waals surface area contributed by atoms with Crippen molar-refractivity contribution in [2.45, 2.75) is 6.54 Å². The summed E-state index contributed by atoms with van der Waals surface area (Å²) in [5, 5.41) is 3.32. The third-order valence-electron chi connectivity index (χ3n) is 2.48. The first-order chi connectivity index (χ1) is 8.72. The molecule has 0 bridgehead atoms. The van der Waals surface area contributed by atoms with E-state index in [1.165, 1.54) is 4.88 Å². The summed E-state index contributed by atoms with van der Waals surface area (Å²) in [5.74, 6) is 1.44. The van der Waals surface area contributed by atoms with Crippen LogP contribution in [0.1, 0.15) is 4.88 Å². The molecule has 0 unspecified atom stereocenters. The number of benzene rings is 1. The van der Waals surface area contributed by atoms with Crippen molar-refractivity contribution in [2.24, 2.45) is 0 Å². The van der Waals surface area contributed by atoms with Crippen LogP contribution in [0, 0.1) is 0 Å². The SMILES string of the molecule is COc1ccc(NCc2ccc(Cl)s2)cc1OC. The van der Waals surface area contributed by atoms with Gasteiger partial charge in [0.2, 0.25) is 0 Å². The van der Waals surface area contributed by atoms with Gasteiger partial charge in [0.05, 0.1) is 18.6 Å². The smallest absolute Gasteiger partial charge is 0.162 e. The maximum absolute atomic E-state index is 5.88. The first kappa shape index (κ1) is 13.1. The predicted octanol–water partition coefficient (Wildman–Crippen LogP) is 4.03. The Labute approximate surface area is 115 Å². The summed E-state index contributed by atoms with van der Waals surface area (Å²) < 4.78 is 11.2. The Morgan fingerprint density at radius 2 is 1.89 bits per heavy atom. The van der Waals surface area contributed by atoms with E-state index in [-0.39, 0.29) is 0 Å². The number of nitrogens with one attached hydrogen (secondary N) is 1. The molecule has 0 aliphatic rings. The van der Waals surface area contributed by atoms with Gasteiger partial charge in [0, 0.05) is 23.2 Å². The maximum Gasteiger partial charge on any atom is 0.162 e. The summed E-state index contributed by atoms with van der Waals surface area (Å²) in [7, 11) is 3.25. The zero-order valence-electron chi connectivity index (χ0n) is 10.2. The fourth-order valence-corrected chi connectivity index (χ4v) is 2.61. The summed E-state index contributed by atoms with van der Waals surface area (Å²) in [6.07, 6.45) is 0. The van der Waals surface area contributed by atoms with Crippen molar-refractivity contribution < 1.29 is 9.47 Å². The Bertz CT molecular complexity index is 527. The van der Waals surface area contributed by atoms with Gasteiger partial charge in [-0.15, -0.1) is 11.3 Å². The molecule has 0 aliphatic carbocycles. The number of rotatable bonds is 5. The summed E-state index contributed by atoms with van der Waals surface area (Å²) in [6, 6.07) is 9.66. The van der Waals surface area contributed by atoms with E-state index in [1.54, 1.807) is 25.6 Å². The number of thiophene rings is 1. The van der Waals surface area contributed by atoms with Crippen LogP contribution in [0.25, 0.3) is 0 Å². The molecule has 2 aromatic rings. The molecule has 1 heterocycles. The van der Waals surface area contributed by atoms with E-state index in [2.05, 4.69) is 5.32 Å². The molecule has 3 nitrogen and oxygen atoms in total. The van der Waals surface area contributed by atoms with Crippen molar-refractivity contribution in [3.05, 3.63) is 39.5 Å². The molecule has 96 valence electrons. The molecule has 18 heavy (non-hydrogen) atoms. The third kappa shape index (κ3) is 3.09. The topological polar surface area (TPSA) is 30.5 Å². The van der Waals surface area contributed by atoms with Crippen molar-refractivity contribution in [1.82, 2.24) is 0 Å². The second kappa shape index (κ2) is 5.98. The van der Waals surface area contributed by atoms with Crippen molar-refractivity contribution >= 4 is 28.6 Å². The molecular weight excluding hydrogens is 270 g/mol. The number of hydrogen-bond acceptors (Lipinski definition) is 4. The predicted molar refractivity (Wildman–Crippen MR) is 76.2 cm³/mol. The Balaban J connectivity index is 2.05. The largest absolute Gasteiger partial charge is 0.493 e. The molecule has 1 aromatic carbocycles. The second-order valence-electron chi connectivity index (χ2n) is 3.63. The van der Waals surface area contributed by atoms with Crippen molar-refractivity contribution in [2.75, 3.05) is 19.5 Å².